The molecule has 2 rings (SSSR count). The molecule has 0 spiro atoms. The maximum absolute atomic E-state index is 13.8. The normalized spacial score (nSPS) is 12.4. The van der Waals surface area contributed by atoms with Gasteiger partial charge in [0.2, 0.25) is 0 Å². The Morgan fingerprint density at radius 3 is 2.33 bits per heavy atom. The van der Waals surface area contributed by atoms with Crippen molar-refractivity contribution < 1.29 is 4.39 Å². The fourth-order valence-corrected chi connectivity index (χ4v) is 2.90. The van der Waals surface area contributed by atoms with Gasteiger partial charge in [-0.25, -0.2) is 4.39 Å². The average Bonchev–Trinajstić information content (AvgIpc) is 2.39. The van der Waals surface area contributed by atoms with Crippen LogP contribution in [0.3, 0.4) is 0 Å². The van der Waals surface area contributed by atoms with Gasteiger partial charge < -0.3 is 0 Å². The molecule has 0 amide bonds. The largest absolute Gasteiger partial charge is 0.207 e. The van der Waals surface area contributed by atoms with Gasteiger partial charge in [0.15, 0.2) is 0 Å². The predicted octanol–water partition coefficient (Wildman–Crippen LogP) is 5.15. The Bertz CT molecular complexity index is 510. The van der Waals surface area contributed by atoms with E-state index >= 15 is 0 Å². The van der Waals surface area contributed by atoms with Crippen molar-refractivity contribution >= 4 is 38.5 Å². The molecule has 3 heteroatoms. The van der Waals surface area contributed by atoms with Crippen LogP contribution < -0.4 is 0 Å². The third kappa shape index (κ3) is 3.54. The van der Waals surface area contributed by atoms with Crippen molar-refractivity contribution in [3.8, 4) is 0 Å². The summed E-state index contributed by atoms with van der Waals surface area (Å²) in [4.78, 5) is 0. The van der Waals surface area contributed by atoms with Crippen molar-refractivity contribution in [1.29, 1.82) is 0 Å². The second-order valence-electron chi connectivity index (χ2n) is 4.20. The molecular formula is C15H13BrFI. The lowest BCUT2D eigenvalue weighted by atomic mass is 9.93. The molecule has 0 heterocycles. The molecule has 2 aromatic carbocycles. The van der Waals surface area contributed by atoms with Crippen LogP contribution in [0.5, 0.6) is 0 Å². The van der Waals surface area contributed by atoms with Crippen molar-refractivity contribution in [1.82, 2.24) is 0 Å². The number of halogens is 3. The second-order valence-corrected chi connectivity index (χ2v) is 6.10. The highest BCUT2D eigenvalue weighted by atomic mass is 127. The molecule has 0 aliphatic heterocycles. The Balaban J connectivity index is 2.20. The van der Waals surface area contributed by atoms with E-state index in [1.807, 2.05) is 12.1 Å². The van der Waals surface area contributed by atoms with Gasteiger partial charge in [-0.15, -0.1) is 0 Å². The summed E-state index contributed by atoms with van der Waals surface area (Å²) in [5.74, 6) is 0.0544. The zero-order chi connectivity index (χ0) is 13.0. The van der Waals surface area contributed by atoms with Crippen molar-refractivity contribution in [2.75, 3.05) is 5.33 Å². The summed E-state index contributed by atoms with van der Waals surface area (Å²) in [7, 11) is 0. The third-order valence-corrected chi connectivity index (χ3v) is 4.43. The summed E-state index contributed by atoms with van der Waals surface area (Å²) < 4.78 is 15.0. The van der Waals surface area contributed by atoms with Crippen LogP contribution in [0.2, 0.25) is 0 Å². The molecule has 0 saturated heterocycles. The smallest absolute Gasteiger partial charge is 0.126 e. The molecule has 0 N–H and O–H groups in total. The summed E-state index contributed by atoms with van der Waals surface area (Å²) in [5, 5.41) is 0.764. The monoisotopic (exact) mass is 418 g/mol. The Morgan fingerprint density at radius 1 is 1.06 bits per heavy atom. The molecule has 1 atom stereocenters. The van der Waals surface area contributed by atoms with Gasteiger partial charge in [0.1, 0.15) is 5.82 Å². The lowest BCUT2D eigenvalue weighted by molar-refractivity contribution is 0.590. The Labute approximate surface area is 129 Å². The number of hydrogen-bond donors (Lipinski definition) is 0. The minimum Gasteiger partial charge on any atom is -0.207 e. The zero-order valence-electron chi connectivity index (χ0n) is 9.74. The minimum atomic E-state index is -0.118. The maximum atomic E-state index is 13.8. The van der Waals surface area contributed by atoms with Gasteiger partial charge in [0, 0.05) is 14.8 Å². The molecule has 0 aromatic heterocycles. The average molecular weight is 419 g/mol. The highest BCUT2D eigenvalue weighted by Gasteiger charge is 2.14. The van der Waals surface area contributed by atoms with E-state index in [0.717, 1.165) is 17.3 Å². The van der Waals surface area contributed by atoms with E-state index in [0.29, 0.717) is 0 Å². The van der Waals surface area contributed by atoms with Gasteiger partial charge in [-0.05, 0) is 58.3 Å². The molecule has 0 nitrogen and oxygen atoms in total. The molecule has 0 aliphatic carbocycles. The molecule has 0 bridgehead atoms. The number of alkyl halides is 1. The van der Waals surface area contributed by atoms with E-state index in [1.165, 1.54) is 15.2 Å². The Kier molecular flexibility index (Phi) is 5.18. The van der Waals surface area contributed by atoms with Crippen LogP contribution in [0.1, 0.15) is 17.0 Å². The zero-order valence-corrected chi connectivity index (χ0v) is 13.5. The Hall–Kier alpha value is -0.420. The number of rotatable bonds is 4. The lowest BCUT2D eigenvalue weighted by Crippen LogP contribution is -2.06. The summed E-state index contributed by atoms with van der Waals surface area (Å²) >= 11 is 5.78. The molecule has 0 fully saturated rings. The molecule has 1 unspecified atom stereocenters. The molecule has 18 heavy (non-hydrogen) atoms. The van der Waals surface area contributed by atoms with Gasteiger partial charge in [0.25, 0.3) is 0 Å². The maximum Gasteiger partial charge on any atom is 0.126 e. The third-order valence-electron chi connectivity index (χ3n) is 2.93. The standard InChI is InChI=1S/C15H13BrFI/c16-10-12(14-3-1-2-4-15(14)17)9-11-5-7-13(18)8-6-11/h1-8,12H,9-10H2. The van der Waals surface area contributed by atoms with E-state index in [-0.39, 0.29) is 11.7 Å². The van der Waals surface area contributed by atoms with E-state index in [2.05, 4.69) is 62.8 Å². The first-order chi connectivity index (χ1) is 8.70. The first kappa shape index (κ1) is 14.0. The summed E-state index contributed by atoms with van der Waals surface area (Å²) in [6.45, 7) is 0. The SMILES string of the molecule is Fc1ccccc1C(CBr)Cc1ccc(I)cc1. The Morgan fingerprint density at radius 2 is 1.72 bits per heavy atom. The second kappa shape index (κ2) is 6.66. The number of benzene rings is 2. The van der Waals surface area contributed by atoms with Crippen LogP contribution in [-0.2, 0) is 6.42 Å². The molecule has 0 aliphatic rings. The molecule has 0 saturated carbocycles. The summed E-state index contributed by atoms with van der Waals surface area (Å²) in [6, 6.07) is 15.4. The van der Waals surface area contributed by atoms with Crippen LogP contribution in [0.15, 0.2) is 48.5 Å². The van der Waals surface area contributed by atoms with Crippen LogP contribution in [0.25, 0.3) is 0 Å². The fraction of sp³-hybridized carbons (Fsp3) is 0.200. The van der Waals surface area contributed by atoms with Gasteiger partial charge in [0.05, 0.1) is 0 Å². The highest BCUT2D eigenvalue weighted by Crippen LogP contribution is 2.25. The molecule has 94 valence electrons. The van der Waals surface area contributed by atoms with Crippen molar-refractivity contribution in [3.63, 3.8) is 0 Å². The van der Waals surface area contributed by atoms with Crippen LogP contribution >= 0.6 is 38.5 Å². The van der Waals surface area contributed by atoms with E-state index in [4.69, 9.17) is 0 Å². The molecule has 2 aromatic rings. The van der Waals surface area contributed by atoms with Crippen LogP contribution in [0, 0.1) is 9.39 Å². The first-order valence-electron chi connectivity index (χ1n) is 5.75. The minimum absolute atomic E-state index is 0.118. The summed E-state index contributed by atoms with van der Waals surface area (Å²) in [6.07, 6.45) is 0.850. The van der Waals surface area contributed by atoms with Gasteiger partial charge >= 0.3 is 0 Å². The first-order valence-corrected chi connectivity index (χ1v) is 7.95. The highest BCUT2D eigenvalue weighted by molar-refractivity contribution is 14.1. The predicted molar refractivity (Wildman–Crippen MR) is 85.8 cm³/mol. The van der Waals surface area contributed by atoms with E-state index in [1.54, 1.807) is 6.07 Å². The van der Waals surface area contributed by atoms with E-state index < -0.39 is 0 Å². The van der Waals surface area contributed by atoms with E-state index in [9.17, 15) is 4.39 Å². The summed E-state index contributed by atoms with van der Waals surface area (Å²) in [5.41, 5.74) is 2.02. The van der Waals surface area contributed by atoms with Crippen LogP contribution in [-0.4, -0.2) is 5.33 Å². The van der Waals surface area contributed by atoms with Gasteiger partial charge in [-0.1, -0.05) is 46.3 Å². The molecular weight excluding hydrogens is 406 g/mol. The number of hydrogen-bond acceptors (Lipinski definition) is 0. The van der Waals surface area contributed by atoms with Crippen molar-refractivity contribution in [2.45, 2.75) is 12.3 Å². The lowest BCUT2D eigenvalue weighted by Gasteiger charge is -2.15. The van der Waals surface area contributed by atoms with Crippen LogP contribution in [0.4, 0.5) is 4.39 Å². The van der Waals surface area contributed by atoms with Gasteiger partial charge in [-0.3, -0.25) is 0 Å². The topological polar surface area (TPSA) is 0 Å². The van der Waals surface area contributed by atoms with Crippen molar-refractivity contribution in [3.05, 3.63) is 69.0 Å². The van der Waals surface area contributed by atoms with Gasteiger partial charge in [-0.2, -0.15) is 0 Å². The van der Waals surface area contributed by atoms with Crippen molar-refractivity contribution in [2.24, 2.45) is 0 Å². The quantitative estimate of drug-likeness (QED) is 0.475. The fourth-order valence-electron chi connectivity index (χ4n) is 1.96. The molecule has 0 radical (unpaired) electrons.